The smallest absolute Gasteiger partial charge is 0.309 e. The number of nitrogens with one attached hydrogen (secondary N) is 1. The lowest BCUT2D eigenvalue weighted by molar-refractivity contribution is 0.381. The molecule has 0 aromatic rings. The molecule has 0 spiro atoms. The summed E-state index contributed by atoms with van der Waals surface area (Å²) in [6.07, 6.45) is 0.677. The van der Waals surface area contributed by atoms with E-state index in [0.717, 1.165) is 6.54 Å². The molecule has 0 bridgehead atoms. The van der Waals surface area contributed by atoms with E-state index in [9.17, 15) is 8.42 Å². The van der Waals surface area contributed by atoms with E-state index >= 15 is 0 Å². The van der Waals surface area contributed by atoms with Gasteiger partial charge >= 0.3 is 10.4 Å². The van der Waals surface area contributed by atoms with E-state index in [1.165, 1.54) is 7.05 Å². The minimum Gasteiger partial charge on any atom is -0.309 e. The van der Waals surface area contributed by atoms with Crippen LogP contribution in [0, 0.1) is 0 Å². The molecule has 0 aliphatic rings. The minimum absolute atomic E-state index is 0.210. The molecule has 0 amide bonds. The van der Waals surface area contributed by atoms with Crippen LogP contribution in [0.1, 0.15) is 6.42 Å². The normalized spacial score (nSPS) is 12.1. The van der Waals surface area contributed by atoms with Gasteiger partial charge in [-0.3, -0.25) is 9.11 Å². The van der Waals surface area contributed by atoms with Crippen molar-refractivity contribution in [3.05, 3.63) is 0 Å². The second-order valence-corrected chi connectivity index (χ2v) is 6.07. The standard InChI is InChI=1S/C6H16N2O2S.H2O4S/c1-7-11(9,10)6-4-5-8(2)3;1-5(2,3)4/h7H,4-6H2,1-3H3;(H2,1,2,3,4). The summed E-state index contributed by atoms with van der Waals surface area (Å²) in [5, 5.41) is 0. The van der Waals surface area contributed by atoms with Crippen molar-refractivity contribution in [3.8, 4) is 0 Å². The zero-order valence-corrected chi connectivity index (χ0v) is 11.0. The number of sulfonamides is 1. The lowest BCUT2D eigenvalue weighted by Crippen LogP contribution is -2.24. The summed E-state index contributed by atoms with van der Waals surface area (Å²) in [7, 11) is -2.38. The molecule has 0 aromatic heterocycles. The molecule has 0 unspecified atom stereocenters. The van der Waals surface area contributed by atoms with Gasteiger partial charge in [0.25, 0.3) is 0 Å². The summed E-state index contributed by atoms with van der Waals surface area (Å²) in [6, 6.07) is 0. The second kappa shape index (κ2) is 7.92. The maximum Gasteiger partial charge on any atom is 0.394 e. The first-order valence-corrected chi connectivity index (χ1v) is 7.28. The molecule has 0 heterocycles. The van der Waals surface area contributed by atoms with Crippen molar-refractivity contribution >= 4 is 20.4 Å². The monoisotopic (exact) mass is 278 g/mol. The summed E-state index contributed by atoms with van der Waals surface area (Å²) in [5.41, 5.74) is 0. The van der Waals surface area contributed by atoms with E-state index in [1.54, 1.807) is 0 Å². The van der Waals surface area contributed by atoms with Gasteiger partial charge in [0.15, 0.2) is 0 Å². The topological polar surface area (TPSA) is 124 Å². The van der Waals surface area contributed by atoms with E-state index in [2.05, 4.69) is 4.72 Å². The molecule has 0 saturated heterocycles. The second-order valence-electron chi connectivity index (χ2n) is 3.13. The first-order valence-electron chi connectivity index (χ1n) is 4.24. The Morgan fingerprint density at radius 1 is 1.12 bits per heavy atom. The average molecular weight is 278 g/mol. The van der Waals surface area contributed by atoms with Crippen LogP contribution in [0.25, 0.3) is 0 Å². The van der Waals surface area contributed by atoms with Crippen molar-refractivity contribution in [1.82, 2.24) is 9.62 Å². The lowest BCUT2D eigenvalue weighted by atomic mass is 10.5. The highest BCUT2D eigenvalue weighted by Gasteiger charge is 2.05. The van der Waals surface area contributed by atoms with Gasteiger partial charge in [0.1, 0.15) is 0 Å². The van der Waals surface area contributed by atoms with Gasteiger partial charge < -0.3 is 4.90 Å². The predicted molar refractivity (Wildman–Crippen MR) is 60.2 cm³/mol. The number of hydrogen-bond donors (Lipinski definition) is 3. The molecule has 0 aliphatic carbocycles. The van der Waals surface area contributed by atoms with Crippen LogP contribution in [0.3, 0.4) is 0 Å². The number of hydrogen-bond acceptors (Lipinski definition) is 5. The number of rotatable bonds is 5. The highest BCUT2D eigenvalue weighted by Crippen LogP contribution is 1.89. The van der Waals surface area contributed by atoms with Crippen molar-refractivity contribution in [3.63, 3.8) is 0 Å². The van der Waals surface area contributed by atoms with Crippen LogP contribution in [-0.2, 0) is 20.4 Å². The Bertz CT molecular complexity index is 352. The molecule has 0 aromatic carbocycles. The molecule has 8 nitrogen and oxygen atoms in total. The molecule has 0 rings (SSSR count). The zero-order valence-electron chi connectivity index (χ0n) is 9.41. The van der Waals surface area contributed by atoms with Crippen molar-refractivity contribution in [1.29, 1.82) is 0 Å². The lowest BCUT2D eigenvalue weighted by Gasteiger charge is -2.08. The van der Waals surface area contributed by atoms with E-state index < -0.39 is 20.4 Å². The summed E-state index contributed by atoms with van der Waals surface area (Å²) in [6.45, 7) is 0.806. The first-order chi connectivity index (χ1) is 6.98. The fourth-order valence-electron chi connectivity index (χ4n) is 0.673. The third-order valence-electron chi connectivity index (χ3n) is 1.33. The summed E-state index contributed by atoms with van der Waals surface area (Å²) >= 11 is 0. The largest absolute Gasteiger partial charge is 0.394 e. The van der Waals surface area contributed by atoms with Gasteiger partial charge in [-0.25, -0.2) is 13.1 Å². The Morgan fingerprint density at radius 2 is 1.50 bits per heavy atom. The third kappa shape index (κ3) is 23.5. The van der Waals surface area contributed by atoms with Crippen LogP contribution in [0.15, 0.2) is 0 Å². The van der Waals surface area contributed by atoms with Gasteiger partial charge in [-0.1, -0.05) is 0 Å². The molecule has 16 heavy (non-hydrogen) atoms. The molecular formula is C6H18N2O6S2. The molecule has 100 valence electrons. The fourth-order valence-corrected chi connectivity index (χ4v) is 1.39. The van der Waals surface area contributed by atoms with Crippen LogP contribution in [0.5, 0.6) is 0 Å². The maximum absolute atomic E-state index is 10.9. The Labute approximate surface area is 96.3 Å². The van der Waals surface area contributed by atoms with Gasteiger partial charge in [0, 0.05) is 0 Å². The van der Waals surface area contributed by atoms with E-state index in [1.807, 2.05) is 19.0 Å². The number of nitrogens with zero attached hydrogens (tertiary/aromatic N) is 1. The predicted octanol–water partition coefficient (Wildman–Crippen LogP) is -1.17. The van der Waals surface area contributed by atoms with Crippen LogP contribution in [0.4, 0.5) is 0 Å². The molecule has 0 saturated carbocycles. The summed E-state index contributed by atoms with van der Waals surface area (Å²) in [4.78, 5) is 1.96. The molecule has 0 atom stereocenters. The van der Waals surface area contributed by atoms with Crippen LogP contribution >= 0.6 is 0 Å². The molecular weight excluding hydrogens is 260 g/mol. The van der Waals surface area contributed by atoms with Crippen LogP contribution in [-0.4, -0.2) is 64.3 Å². The van der Waals surface area contributed by atoms with E-state index in [-0.39, 0.29) is 5.75 Å². The molecule has 0 fully saturated rings. The van der Waals surface area contributed by atoms with Crippen LogP contribution in [0.2, 0.25) is 0 Å². The molecule has 10 heteroatoms. The van der Waals surface area contributed by atoms with Gasteiger partial charge in [0.2, 0.25) is 10.0 Å². The van der Waals surface area contributed by atoms with Gasteiger partial charge in [-0.2, -0.15) is 8.42 Å². The Hall–Kier alpha value is -0.260. The van der Waals surface area contributed by atoms with E-state index in [4.69, 9.17) is 17.5 Å². The third-order valence-corrected chi connectivity index (χ3v) is 2.78. The SMILES string of the molecule is CNS(=O)(=O)CCCN(C)C.O=S(=O)(O)O. The van der Waals surface area contributed by atoms with Crippen molar-refractivity contribution in [2.24, 2.45) is 0 Å². The highest BCUT2D eigenvalue weighted by atomic mass is 32.3. The fraction of sp³-hybridized carbons (Fsp3) is 1.00. The Balaban J connectivity index is 0. The van der Waals surface area contributed by atoms with Crippen molar-refractivity contribution in [2.45, 2.75) is 6.42 Å². The maximum atomic E-state index is 10.9. The summed E-state index contributed by atoms with van der Waals surface area (Å²) < 4.78 is 55.6. The van der Waals surface area contributed by atoms with Gasteiger partial charge in [-0.15, -0.1) is 0 Å². The van der Waals surface area contributed by atoms with Crippen molar-refractivity contribution in [2.75, 3.05) is 33.4 Å². The zero-order chi connectivity index (χ0) is 13.4. The average Bonchev–Trinajstić information content (AvgIpc) is 2.00. The Morgan fingerprint density at radius 3 is 1.75 bits per heavy atom. The van der Waals surface area contributed by atoms with E-state index in [0.29, 0.717) is 6.42 Å². The first kappa shape index (κ1) is 18.1. The summed E-state index contributed by atoms with van der Waals surface area (Å²) in [5.74, 6) is 0.210. The molecule has 3 N–H and O–H groups in total. The van der Waals surface area contributed by atoms with Crippen molar-refractivity contribution < 1.29 is 25.9 Å². The van der Waals surface area contributed by atoms with Gasteiger partial charge in [0.05, 0.1) is 5.75 Å². The Kier molecular flexibility index (Phi) is 8.97. The minimum atomic E-state index is -4.67. The molecule has 0 radical (unpaired) electrons. The molecule has 0 aliphatic heterocycles. The highest BCUT2D eigenvalue weighted by molar-refractivity contribution is 7.89. The quantitative estimate of drug-likeness (QED) is 0.541. The van der Waals surface area contributed by atoms with Gasteiger partial charge in [-0.05, 0) is 34.1 Å². The van der Waals surface area contributed by atoms with Crippen LogP contribution < -0.4 is 4.72 Å².